The second-order valence-corrected chi connectivity index (χ2v) is 6.41. The number of hydrogen-bond donors (Lipinski definition) is 2. The fourth-order valence-electron chi connectivity index (χ4n) is 2.70. The number of piperidine rings is 1. The summed E-state index contributed by atoms with van der Waals surface area (Å²) in [6, 6.07) is 7.68. The lowest BCUT2D eigenvalue weighted by Gasteiger charge is -2.24. The molecule has 0 aromatic heterocycles. The van der Waals surface area contributed by atoms with Crippen molar-refractivity contribution in [1.82, 2.24) is 15.5 Å². The summed E-state index contributed by atoms with van der Waals surface area (Å²) < 4.78 is 0. The maximum atomic E-state index is 11.8. The van der Waals surface area contributed by atoms with Crippen LogP contribution < -0.4 is 10.6 Å². The standard InChI is InChI=1S/C18H25ClN4O2/c1-3-20-18(22-13(2)14-6-4-7-15(19)12-14)21-10-11-23-16(24)8-5-9-17(23)25/h4,6-7,12-13H,3,5,8-11H2,1-2H3,(H2,20,21,22). The van der Waals surface area contributed by atoms with Gasteiger partial charge in [-0.1, -0.05) is 23.7 Å². The first-order valence-electron chi connectivity index (χ1n) is 8.64. The number of halogens is 1. The quantitative estimate of drug-likeness (QED) is 0.462. The number of nitrogens with one attached hydrogen (secondary N) is 2. The smallest absolute Gasteiger partial charge is 0.229 e. The third-order valence-corrected chi connectivity index (χ3v) is 4.26. The van der Waals surface area contributed by atoms with Crippen LogP contribution in [0.1, 0.15) is 44.7 Å². The van der Waals surface area contributed by atoms with E-state index < -0.39 is 0 Å². The van der Waals surface area contributed by atoms with Gasteiger partial charge in [-0.15, -0.1) is 0 Å². The minimum atomic E-state index is -0.100. The van der Waals surface area contributed by atoms with E-state index in [0.717, 1.165) is 12.1 Å². The highest BCUT2D eigenvalue weighted by Gasteiger charge is 2.25. The van der Waals surface area contributed by atoms with E-state index in [9.17, 15) is 9.59 Å². The number of benzene rings is 1. The molecule has 0 aliphatic carbocycles. The van der Waals surface area contributed by atoms with Crippen molar-refractivity contribution in [3.63, 3.8) is 0 Å². The first-order valence-corrected chi connectivity index (χ1v) is 9.02. The monoisotopic (exact) mass is 364 g/mol. The van der Waals surface area contributed by atoms with E-state index in [1.807, 2.05) is 38.1 Å². The zero-order valence-corrected chi connectivity index (χ0v) is 15.5. The van der Waals surface area contributed by atoms with Gasteiger partial charge in [0.15, 0.2) is 5.96 Å². The van der Waals surface area contributed by atoms with Gasteiger partial charge in [0, 0.05) is 31.0 Å². The number of guanidine groups is 1. The van der Waals surface area contributed by atoms with E-state index in [2.05, 4.69) is 15.6 Å². The van der Waals surface area contributed by atoms with E-state index in [1.54, 1.807) is 0 Å². The van der Waals surface area contributed by atoms with Gasteiger partial charge in [-0.25, -0.2) is 0 Å². The minimum absolute atomic E-state index is 0.0229. The predicted octanol–water partition coefficient (Wildman–Crippen LogP) is 2.50. The molecule has 1 fully saturated rings. The van der Waals surface area contributed by atoms with Crippen LogP contribution in [0.4, 0.5) is 0 Å². The molecule has 25 heavy (non-hydrogen) atoms. The Morgan fingerprint density at radius 3 is 2.68 bits per heavy atom. The summed E-state index contributed by atoms with van der Waals surface area (Å²) in [6.45, 7) is 5.42. The topological polar surface area (TPSA) is 73.8 Å². The first kappa shape index (κ1) is 19.2. The summed E-state index contributed by atoms with van der Waals surface area (Å²) in [5.74, 6) is 0.445. The van der Waals surface area contributed by atoms with Crippen LogP contribution in [0.5, 0.6) is 0 Å². The van der Waals surface area contributed by atoms with Crippen molar-refractivity contribution in [2.45, 2.75) is 39.2 Å². The molecule has 1 unspecified atom stereocenters. The fourth-order valence-corrected chi connectivity index (χ4v) is 2.89. The summed E-state index contributed by atoms with van der Waals surface area (Å²) in [4.78, 5) is 29.4. The fraction of sp³-hybridized carbons (Fsp3) is 0.500. The summed E-state index contributed by atoms with van der Waals surface area (Å²) in [5.41, 5.74) is 1.06. The van der Waals surface area contributed by atoms with Crippen LogP contribution in [-0.2, 0) is 9.59 Å². The van der Waals surface area contributed by atoms with Crippen LogP contribution in [0.25, 0.3) is 0 Å². The highest BCUT2D eigenvalue weighted by molar-refractivity contribution is 6.30. The summed E-state index contributed by atoms with van der Waals surface area (Å²) in [6.07, 6.45) is 1.54. The van der Waals surface area contributed by atoms with E-state index in [0.29, 0.717) is 43.3 Å². The Bertz CT molecular complexity index is 632. The highest BCUT2D eigenvalue weighted by atomic mass is 35.5. The van der Waals surface area contributed by atoms with Gasteiger partial charge in [-0.05, 0) is 38.0 Å². The van der Waals surface area contributed by atoms with Crippen LogP contribution in [0, 0.1) is 0 Å². The molecule has 6 nitrogen and oxygen atoms in total. The van der Waals surface area contributed by atoms with E-state index in [1.165, 1.54) is 4.90 Å². The third-order valence-electron chi connectivity index (χ3n) is 4.02. The Labute approximate surface area is 153 Å². The Kier molecular flexibility index (Phi) is 7.25. The van der Waals surface area contributed by atoms with Crippen LogP contribution in [0.2, 0.25) is 5.02 Å². The Balaban J connectivity index is 1.95. The summed E-state index contributed by atoms with van der Waals surface area (Å²) in [7, 11) is 0. The second-order valence-electron chi connectivity index (χ2n) is 5.97. The van der Waals surface area contributed by atoms with Gasteiger partial charge in [-0.3, -0.25) is 19.5 Å². The normalized spacial score (nSPS) is 16.8. The van der Waals surface area contributed by atoms with Crippen molar-refractivity contribution >= 4 is 29.4 Å². The van der Waals surface area contributed by atoms with Gasteiger partial charge >= 0.3 is 0 Å². The van der Waals surface area contributed by atoms with Crippen molar-refractivity contribution in [3.05, 3.63) is 34.9 Å². The van der Waals surface area contributed by atoms with Gasteiger partial charge in [-0.2, -0.15) is 0 Å². The van der Waals surface area contributed by atoms with Crippen LogP contribution in [0.3, 0.4) is 0 Å². The molecule has 2 rings (SSSR count). The number of likely N-dealkylation sites (tertiary alicyclic amines) is 1. The summed E-state index contributed by atoms with van der Waals surface area (Å²) >= 11 is 6.04. The number of hydrogen-bond acceptors (Lipinski definition) is 3. The molecular weight excluding hydrogens is 340 g/mol. The molecule has 2 amide bonds. The van der Waals surface area contributed by atoms with Gasteiger partial charge in [0.2, 0.25) is 11.8 Å². The molecule has 1 aliphatic heterocycles. The van der Waals surface area contributed by atoms with Crippen LogP contribution >= 0.6 is 11.6 Å². The van der Waals surface area contributed by atoms with Gasteiger partial charge in [0.25, 0.3) is 0 Å². The number of nitrogens with zero attached hydrogens (tertiary/aromatic N) is 2. The van der Waals surface area contributed by atoms with E-state index >= 15 is 0 Å². The lowest BCUT2D eigenvalue weighted by molar-refractivity contribution is -0.147. The molecule has 7 heteroatoms. The first-order chi connectivity index (χ1) is 12.0. The Morgan fingerprint density at radius 2 is 2.04 bits per heavy atom. The molecule has 1 aliphatic rings. The molecular formula is C18H25ClN4O2. The molecule has 136 valence electrons. The SMILES string of the molecule is CCNC(=NCCN1C(=O)CCCC1=O)NC(C)c1cccc(Cl)c1. The molecule has 1 heterocycles. The van der Waals surface area contributed by atoms with Crippen molar-refractivity contribution in [2.75, 3.05) is 19.6 Å². The number of aliphatic imine (C=N–C) groups is 1. The number of carbonyl (C=O) groups excluding carboxylic acids is 2. The van der Waals surface area contributed by atoms with E-state index in [4.69, 9.17) is 11.6 Å². The van der Waals surface area contributed by atoms with Crippen LogP contribution in [-0.4, -0.2) is 42.3 Å². The molecule has 1 saturated heterocycles. The van der Waals surface area contributed by atoms with Gasteiger partial charge in [0.1, 0.15) is 0 Å². The zero-order chi connectivity index (χ0) is 18.2. The molecule has 0 bridgehead atoms. The molecule has 0 spiro atoms. The lowest BCUT2D eigenvalue weighted by atomic mass is 10.1. The number of amides is 2. The molecule has 1 atom stereocenters. The largest absolute Gasteiger partial charge is 0.357 e. The van der Waals surface area contributed by atoms with Crippen molar-refractivity contribution in [1.29, 1.82) is 0 Å². The minimum Gasteiger partial charge on any atom is -0.357 e. The van der Waals surface area contributed by atoms with E-state index in [-0.39, 0.29) is 17.9 Å². The number of imide groups is 1. The predicted molar refractivity (Wildman–Crippen MR) is 99.6 cm³/mol. The van der Waals surface area contributed by atoms with Gasteiger partial charge in [0.05, 0.1) is 12.6 Å². The van der Waals surface area contributed by atoms with Crippen molar-refractivity contribution < 1.29 is 9.59 Å². The maximum absolute atomic E-state index is 11.8. The summed E-state index contributed by atoms with van der Waals surface area (Å²) in [5, 5.41) is 7.18. The molecule has 2 N–H and O–H groups in total. The zero-order valence-electron chi connectivity index (χ0n) is 14.7. The molecule has 0 radical (unpaired) electrons. The van der Waals surface area contributed by atoms with Gasteiger partial charge < -0.3 is 10.6 Å². The molecule has 1 aromatic carbocycles. The second kappa shape index (κ2) is 9.42. The Hall–Kier alpha value is -2.08. The Morgan fingerprint density at radius 1 is 1.32 bits per heavy atom. The number of carbonyl (C=O) groups is 2. The third kappa shape index (κ3) is 5.74. The molecule has 0 saturated carbocycles. The average Bonchev–Trinajstić information content (AvgIpc) is 2.57. The average molecular weight is 365 g/mol. The molecule has 1 aromatic rings. The highest BCUT2D eigenvalue weighted by Crippen LogP contribution is 2.17. The van der Waals surface area contributed by atoms with Crippen LogP contribution in [0.15, 0.2) is 29.3 Å². The van der Waals surface area contributed by atoms with Crippen molar-refractivity contribution in [3.8, 4) is 0 Å². The maximum Gasteiger partial charge on any atom is 0.229 e. The lowest BCUT2D eigenvalue weighted by Crippen LogP contribution is -2.42. The number of rotatable bonds is 6. The van der Waals surface area contributed by atoms with Crippen molar-refractivity contribution in [2.24, 2.45) is 4.99 Å².